The fraction of sp³-hybridized carbons (Fsp3) is 0.556. The Morgan fingerprint density at radius 3 is 2.58 bits per heavy atom. The van der Waals surface area contributed by atoms with Gasteiger partial charge in [-0.2, -0.15) is 0 Å². The fourth-order valence-corrected chi connectivity index (χ4v) is 3.16. The van der Waals surface area contributed by atoms with E-state index in [-0.39, 0.29) is 25.2 Å². The van der Waals surface area contributed by atoms with Gasteiger partial charge in [0.2, 0.25) is 0 Å². The zero-order valence-electron chi connectivity index (χ0n) is 14.1. The zero-order valence-corrected chi connectivity index (χ0v) is 15.7. The molecular formula is C18H24BrNO4. The van der Waals surface area contributed by atoms with Crippen LogP contribution in [0.2, 0.25) is 0 Å². The van der Waals surface area contributed by atoms with E-state index in [0.29, 0.717) is 17.6 Å². The summed E-state index contributed by atoms with van der Waals surface area (Å²) < 4.78 is 11.2. The van der Waals surface area contributed by atoms with E-state index < -0.39 is 5.97 Å². The number of ether oxygens (including phenoxy) is 2. The van der Waals surface area contributed by atoms with Crippen LogP contribution in [0.15, 0.2) is 28.7 Å². The average Bonchev–Trinajstić information content (AvgIpc) is 2.56. The number of esters is 1. The minimum atomic E-state index is -0.557. The van der Waals surface area contributed by atoms with E-state index in [1.807, 2.05) is 12.1 Å². The van der Waals surface area contributed by atoms with Gasteiger partial charge in [-0.3, -0.25) is 4.79 Å². The maximum Gasteiger partial charge on any atom is 0.344 e. The Morgan fingerprint density at radius 2 is 1.88 bits per heavy atom. The second kappa shape index (κ2) is 9.06. The minimum Gasteiger partial charge on any atom is -0.482 e. The van der Waals surface area contributed by atoms with Gasteiger partial charge in [-0.15, -0.1) is 0 Å². The topological polar surface area (TPSA) is 64.6 Å². The van der Waals surface area contributed by atoms with Gasteiger partial charge in [0.15, 0.2) is 13.2 Å². The number of rotatable bonds is 6. The van der Waals surface area contributed by atoms with Crippen molar-refractivity contribution in [1.82, 2.24) is 5.32 Å². The number of benzene rings is 1. The largest absolute Gasteiger partial charge is 0.482 e. The normalized spacial score (nSPS) is 23.4. The van der Waals surface area contributed by atoms with Crippen LogP contribution in [0.5, 0.6) is 5.75 Å². The predicted octanol–water partition coefficient (Wildman–Crippen LogP) is 3.31. The molecule has 1 saturated carbocycles. The Kier molecular flexibility index (Phi) is 7.09. The van der Waals surface area contributed by atoms with Crippen molar-refractivity contribution >= 4 is 27.8 Å². The summed E-state index contributed by atoms with van der Waals surface area (Å²) in [6, 6.07) is 7.30. The van der Waals surface area contributed by atoms with Crippen LogP contribution < -0.4 is 10.1 Å². The third-order valence-corrected chi connectivity index (χ3v) is 5.12. The lowest BCUT2D eigenvalue weighted by atomic mass is 9.78. The second-order valence-electron chi connectivity index (χ2n) is 6.34. The highest BCUT2D eigenvalue weighted by atomic mass is 79.9. The molecule has 1 aliphatic rings. The molecule has 2 rings (SSSR count). The molecule has 0 radical (unpaired) electrons. The molecule has 1 N–H and O–H groups in total. The molecule has 1 fully saturated rings. The van der Waals surface area contributed by atoms with Crippen molar-refractivity contribution in [3.63, 3.8) is 0 Å². The Bertz CT molecular complexity index is 561. The van der Waals surface area contributed by atoms with Crippen LogP contribution in [0, 0.1) is 11.8 Å². The number of nitrogens with one attached hydrogen (secondary N) is 1. The summed E-state index contributed by atoms with van der Waals surface area (Å²) in [6.07, 6.45) is 3.31. The fourth-order valence-electron chi connectivity index (χ4n) is 2.89. The molecule has 0 spiro atoms. The highest BCUT2D eigenvalue weighted by Crippen LogP contribution is 2.29. The van der Waals surface area contributed by atoms with Crippen LogP contribution in [0.3, 0.4) is 0 Å². The van der Waals surface area contributed by atoms with Crippen molar-refractivity contribution < 1.29 is 19.1 Å². The van der Waals surface area contributed by atoms with Crippen LogP contribution in [0.4, 0.5) is 0 Å². The van der Waals surface area contributed by atoms with E-state index in [1.165, 1.54) is 6.42 Å². The monoisotopic (exact) mass is 397 g/mol. The molecule has 0 heterocycles. The Morgan fingerprint density at radius 1 is 1.17 bits per heavy atom. The van der Waals surface area contributed by atoms with Gasteiger partial charge in [0.25, 0.3) is 5.91 Å². The van der Waals surface area contributed by atoms with Gasteiger partial charge in [0.1, 0.15) is 5.75 Å². The number of hydrogen-bond donors (Lipinski definition) is 1. The molecule has 3 atom stereocenters. The number of hydrogen-bond acceptors (Lipinski definition) is 4. The molecule has 0 bridgehead atoms. The van der Waals surface area contributed by atoms with E-state index in [0.717, 1.165) is 17.3 Å². The summed E-state index contributed by atoms with van der Waals surface area (Å²) in [5, 5.41) is 2.97. The molecule has 1 aromatic carbocycles. The molecule has 1 aromatic rings. The quantitative estimate of drug-likeness (QED) is 0.747. The summed E-state index contributed by atoms with van der Waals surface area (Å²) >= 11 is 3.32. The molecule has 0 aromatic heterocycles. The lowest BCUT2D eigenvalue weighted by Crippen LogP contribution is -2.45. The predicted molar refractivity (Wildman–Crippen MR) is 94.7 cm³/mol. The first-order chi connectivity index (χ1) is 11.5. The minimum absolute atomic E-state index is 0.166. The van der Waals surface area contributed by atoms with Gasteiger partial charge in [0, 0.05) is 10.5 Å². The van der Waals surface area contributed by atoms with Crippen molar-refractivity contribution in [3.05, 3.63) is 28.7 Å². The molecule has 132 valence electrons. The van der Waals surface area contributed by atoms with E-state index in [2.05, 4.69) is 35.1 Å². The van der Waals surface area contributed by atoms with Gasteiger partial charge in [-0.25, -0.2) is 4.79 Å². The molecule has 1 amide bonds. The van der Waals surface area contributed by atoms with Crippen molar-refractivity contribution in [2.45, 2.75) is 39.2 Å². The van der Waals surface area contributed by atoms with E-state index in [4.69, 9.17) is 9.47 Å². The lowest BCUT2D eigenvalue weighted by Gasteiger charge is -2.34. The Hall–Kier alpha value is -1.56. The highest BCUT2D eigenvalue weighted by Gasteiger charge is 2.28. The molecule has 5 nitrogen and oxygen atoms in total. The molecule has 0 saturated heterocycles. The van der Waals surface area contributed by atoms with E-state index >= 15 is 0 Å². The van der Waals surface area contributed by atoms with Gasteiger partial charge >= 0.3 is 5.97 Å². The maximum atomic E-state index is 11.9. The van der Waals surface area contributed by atoms with Gasteiger partial charge in [-0.05, 0) is 42.5 Å². The zero-order chi connectivity index (χ0) is 17.5. The van der Waals surface area contributed by atoms with Gasteiger partial charge in [0.05, 0.1) is 0 Å². The lowest BCUT2D eigenvalue weighted by molar-refractivity contribution is -0.150. The van der Waals surface area contributed by atoms with E-state index in [9.17, 15) is 9.59 Å². The molecule has 6 heteroatoms. The maximum absolute atomic E-state index is 11.9. The number of amides is 1. The number of carbonyl (C=O) groups excluding carboxylic acids is 2. The summed E-state index contributed by atoms with van der Waals surface area (Å²) in [5.74, 6) is 0.811. The first-order valence-electron chi connectivity index (χ1n) is 8.29. The Balaban J connectivity index is 1.67. The van der Waals surface area contributed by atoms with Crippen LogP contribution in [0.25, 0.3) is 0 Å². The summed E-state index contributed by atoms with van der Waals surface area (Å²) in [6.45, 7) is 3.89. The van der Waals surface area contributed by atoms with Gasteiger partial charge < -0.3 is 14.8 Å². The summed E-state index contributed by atoms with van der Waals surface area (Å²) in [4.78, 5) is 23.6. The van der Waals surface area contributed by atoms with Crippen LogP contribution in [0.1, 0.15) is 33.1 Å². The van der Waals surface area contributed by atoms with E-state index in [1.54, 1.807) is 12.1 Å². The standard InChI is InChI=1S/C18H24BrNO4/c1-12-4-3-5-16(13(12)2)20-17(21)10-24-18(22)11-23-15-8-6-14(19)7-9-15/h6-9,12-13,16H,3-5,10-11H2,1-2H3,(H,20,21)/t12-,13+,16-/m1/s1. The number of halogens is 1. The SMILES string of the molecule is C[C@H]1[C@H](C)CCC[C@H]1NC(=O)COC(=O)COc1ccc(Br)cc1. The smallest absolute Gasteiger partial charge is 0.344 e. The second-order valence-corrected chi connectivity index (χ2v) is 7.26. The third kappa shape index (κ3) is 5.82. The van der Waals surface area contributed by atoms with Crippen LogP contribution >= 0.6 is 15.9 Å². The first kappa shape index (κ1) is 18.8. The number of carbonyl (C=O) groups is 2. The highest BCUT2D eigenvalue weighted by molar-refractivity contribution is 9.10. The molecule has 1 aliphatic carbocycles. The summed E-state index contributed by atoms with van der Waals surface area (Å²) in [5.41, 5.74) is 0. The average molecular weight is 398 g/mol. The van der Waals surface area contributed by atoms with Crippen molar-refractivity contribution in [1.29, 1.82) is 0 Å². The molecule has 0 aliphatic heterocycles. The third-order valence-electron chi connectivity index (χ3n) is 4.59. The van der Waals surface area contributed by atoms with Crippen LogP contribution in [-0.2, 0) is 14.3 Å². The van der Waals surface area contributed by atoms with Crippen molar-refractivity contribution in [2.24, 2.45) is 11.8 Å². The Labute approximate surface area is 151 Å². The van der Waals surface area contributed by atoms with Gasteiger partial charge in [-0.1, -0.05) is 42.6 Å². The van der Waals surface area contributed by atoms with Crippen molar-refractivity contribution in [2.75, 3.05) is 13.2 Å². The van der Waals surface area contributed by atoms with Crippen LogP contribution in [-0.4, -0.2) is 31.1 Å². The molecular weight excluding hydrogens is 374 g/mol. The molecule has 24 heavy (non-hydrogen) atoms. The first-order valence-corrected chi connectivity index (χ1v) is 9.08. The van der Waals surface area contributed by atoms with Crippen molar-refractivity contribution in [3.8, 4) is 5.75 Å². The molecule has 0 unspecified atom stereocenters. The summed E-state index contributed by atoms with van der Waals surface area (Å²) in [7, 11) is 0.